The standard InChI is InChI=1S/C11H17N3O5/c12-3-8(16)13-4-9(17)14-11(10(18)19)2-7(15)5-1-6(5)11/h5-7,15H,1-4,12H2,(H,13,16)(H,14,17)(H,18,19)/t5-,6+,7-,11-/m0/s1. The van der Waals surface area contributed by atoms with Gasteiger partial charge in [0.2, 0.25) is 11.8 Å². The van der Waals surface area contributed by atoms with Crippen molar-refractivity contribution in [3.05, 3.63) is 0 Å². The Hall–Kier alpha value is -1.67. The molecule has 0 unspecified atom stereocenters. The first-order valence-corrected chi connectivity index (χ1v) is 6.10. The molecule has 0 aliphatic heterocycles. The number of hydrogen-bond donors (Lipinski definition) is 5. The lowest BCUT2D eigenvalue weighted by Gasteiger charge is -2.28. The molecule has 0 bridgehead atoms. The molecule has 2 rings (SSSR count). The van der Waals surface area contributed by atoms with E-state index in [4.69, 9.17) is 5.73 Å². The van der Waals surface area contributed by atoms with Gasteiger partial charge in [-0.25, -0.2) is 4.79 Å². The minimum atomic E-state index is -1.41. The van der Waals surface area contributed by atoms with Crippen molar-refractivity contribution >= 4 is 17.8 Å². The molecule has 19 heavy (non-hydrogen) atoms. The maximum absolute atomic E-state index is 11.7. The van der Waals surface area contributed by atoms with Crippen LogP contribution in [-0.2, 0) is 14.4 Å². The van der Waals surface area contributed by atoms with E-state index in [0.29, 0.717) is 6.42 Å². The number of rotatable bonds is 5. The highest BCUT2D eigenvalue weighted by atomic mass is 16.4. The van der Waals surface area contributed by atoms with E-state index < -0.39 is 29.4 Å². The van der Waals surface area contributed by atoms with E-state index in [9.17, 15) is 24.6 Å². The number of aliphatic hydroxyl groups excluding tert-OH is 1. The monoisotopic (exact) mass is 271 g/mol. The summed E-state index contributed by atoms with van der Waals surface area (Å²) in [6.45, 7) is -0.556. The molecule has 8 heteroatoms. The highest BCUT2D eigenvalue weighted by Crippen LogP contribution is 2.57. The fraction of sp³-hybridized carbons (Fsp3) is 0.727. The van der Waals surface area contributed by atoms with Crippen molar-refractivity contribution in [2.45, 2.75) is 24.5 Å². The molecule has 0 aromatic heterocycles. The molecule has 0 aromatic rings. The van der Waals surface area contributed by atoms with Gasteiger partial charge in [0.15, 0.2) is 0 Å². The molecule has 2 aliphatic carbocycles. The van der Waals surface area contributed by atoms with Crippen LogP contribution in [0.4, 0.5) is 0 Å². The molecule has 0 spiro atoms. The lowest BCUT2D eigenvalue weighted by Crippen LogP contribution is -2.57. The Morgan fingerprint density at radius 1 is 1.32 bits per heavy atom. The molecule has 2 amide bonds. The molecule has 106 valence electrons. The SMILES string of the molecule is NCC(=O)NCC(=O)N[C@@]1(C(=O)O)C[C@H](O)[C@H]2C[C@H]21. The van der Waals surface area contributed by atoms with Gasteiger partial charge in [0.05, 0.1) is 19.2 Å². The Balaban J connectivity index is 1.97. The van der Waals surface area contributed by atoms with Gasteiger partial charge in [0.25, 0.3) is 0 Å². The number of aliphatic hydroxyl groups is 1. The van der Waals surface area contributed by atoms with Crippen LogP contribution in [0.5, 0.6) is 0 Å². The summed E-state index contributed by atoms with van der Waals surface area (Å²) in [5, 5.41) is 23.7. The fourth-order valence-electron chi connectivity index (χ4n) is 2.83. The summed E-state index contributed by atoms with van der Waals surface area (Å²) in [5.74, 6) is -2.50. The average Bonchev–Trinajstić information content (AvgIpc) is 3.10. The summed E-state index contributed by atoms with van der Waals surface area (Å²) in [5.41, 5.74) is 3.66. The second-order valence-corrected chi connectivity index (χ2v) is 5.08. The topological polar surface area (TPSA) is 142 Å². The van der Waals surface area contributed by atoms with Crippen LogP contribution in [0.1, 0.15) is 12.8 Å². The number of amides is 2. The van der Waals surface area contributed by atoms with Crippen LogP contribution < -0.4 is 16.4 Å². The molecule has 2 fully saturated rings. The van der Waals surface area contributed by atoms with E-state index in [1.165, 1.54) is 0 Å². The van der Waals surface area contributed by atoms with Crippen molar-refractivity contribution in [1.82, 2.24) is 10.6 Å². The minimum absolute atomic E-state index is 0.00818. The molecule has 0 saturated heterocycles. The second kappa shape index (κ2) is 4.78. The van der Waals surface area contributed by atoms with Gasteiger partial charge in [-0.3, -0.25) is 9.59 Å². The number of carbonyl (C=O) groups is 3. The molecule has 4 atom stereocenters. The predicted octanol–water partition coefficient (Wildman–Crippen LogP) is -2.60. The number of nitrogens with one attached hydrogen (secondary N) is 2. The highest BCUT2D eigenvalue weighted by molar-refractivity contribution is 5.91. The highest BCUT2D eigenvalue weighted by Gasteiger charge is 2.66. The molecule has 0 aromatic carbocycles. The van der Waals surface area contributed by atoms with E-state index >= 15 is 0 Å². The van der Waals surface area contributed by atoms with Crippen LogP contribution >= 0.6 is 0 Å². The summed E-state index contributed by atoms with van der Waals surface area (Å²) in [4.78, 5) is 34.0. The van der Waals surface area contributed by atoms with Crippen LogP contribution in [-0.4, -0.2) is 52.7 Å². The summed E-state index contributed by atoms with van der Waals surface area (Å²) in [6.07, 6.45) is -0.0861. The van der Waals surface area contributed by atoms with Crippen molar-refractivity contribution in [3.63, 3.8) is 0 Å². The summed E-state index contributed by atoms with van der Waals surface area (Å²) < 4.78 is 0. The van der Waals surface area contributed by atoms with Gasteiger partial charge in [-0.15, -0.1) is 0 Å². The van der Waals surface area contributed by atoms with E-state index in [-0.39, 0.29) is 31.3 Å². The fourth-order valence-corrected chi connectivity index (χ4v) is 2.83. The van der Waals surface area contributed by atoms with Gasteiger partial charge in [0, 0.05) is 6.42 Å². The molecular weight excluding hydrogens is 254 g/mol. The van der Waals surface area contributed by atoms with Gasteiger partial charge in [-0.05, 0) is 18.3 Å². The van der Waals surface area contributed by atoms with Crippen molar-refractivity contribution in [3.8, 4) is 0 Å². The second-order valence-electron chi connectivity index (χ2n) is 5.08. The molecule has 6 N–H and O–H groups in total. The van der Waals surface area contributed by atoms with E-state index in [1.54, 1.807) is 0 Å². The van der Waals surface area contributed by atoms with E-state index in [2.05, 4.69) is 10.6 Å². The van der Waals surface area contributed by atoms with E-state index in [1.807, 2.05) is 0 Å². The van der Waals surface area contributed by atoms with Gasteiger partial charge in [-0.2, -0.15) is 0 Å². The minimum Gasteiger partial charge on any atom is -0.479 e. The largest absolute Gasteiger partial charge is 0.479 e. The van der Waals surface area contributed by atoms with Crippen LogP contribution in [0.15, 0.2) is 0 Å². The number of carbonyl (C=O) groups excluding carboxylic acids is 2. The maximum atomic E-state index is 11.7. The zero-order chi connectivity index (χ0) is 14.2. The normalized spacial score (nSPS) is 35.4. The number of carboxylic acids is 1. The quantitative estimate of drug-likeness (QED) is 0.371. The Kier molecular flexibility index (Phi) is 3.46. The smallest absolute Gasteiger partial charge is 0.329 e. The maximum Gasteiger partial charge on any atom is 0.329 e. The van der Waals surface area contributed by atoms with Crippen molar-refractivity contribution in [2.24, 2.45) is 17.6 Å². The third-order valence-electron chi connectivity index (χ3n) is 3.87. The number of hydrogen-bond acceptors (Lipinski definition) is 5. The first-order chi connectivity index (χ1) is 8.90. The zero-order valence-corrected chi connectivity index (χ0v) is 10.3. The lowest BCUT2D eigenvalue weighted by molar-refractivity contribution is -0.148. The number of carboxylic acid groups (broad SMARTS) is 1. The van der Waals surface area contributed by atoms with Gasteiger partial charge < -0.3 is 26.6 Å². The van der Waals surface area contributed by atoms with Gasteiger partial charge in [0.1, 0.15) is 5.54 Å². The number of aliphatic carboxylic acids is 1. The molecule has 2 saturated carbocycles. The molecule has 2 aliphatic rings. The van der Waals surface area contributed by atoms with E-state index in [0.717, 1.165) is 0 Å². The number of fused-ring (bicyclic) bond motifs is 1. The van der Waals surface area contributed by atoms with Gasteiger partial charge in [-0.1, -0.05) is 0 Å². The Morgan fingerprint density at radius 3 is 2.42 bits per heavy atom. The summed E-state index contributed by atoms with van der Waals surface area (Å²) >= 11 is 0. The summed E-state index contributed by atoms with van der Waals surface area (Å²) in [7, 11) is 0. The average molecular weight is 271 g/mol. The van der Waals surface area contributed by atoms with Crippen LogP contribution in [0.3, 0.4) is 0 Å². The van der Waals surface area contributed by atoms with Crippen molar-refractivity contribution in [1.29, 1.82) is 0 Å². The Labute approximate surface area is 109 Å². The Bertz CT molecular complexity index is 427. The predicted molar refractivity (Wildman–Crippen MR) is 62.8 cm³/mol. The first-order valence-electron chi connectivity index (χ1n) is 6.10. The first kappa shape index (κ1) is 13.8. The Morgan fingerprint density at radius 2 is 2.00 bits per heavy atom. The third kappa shape index (κ3) is 2.41. The molecule has 8 nitrogen and oxygen atoms in total. The molecule has 0 heterocycles. The lowest BCUT2D eigenvalue weighted by atomic mass is 9.92. The molecule has 0 radical (unpaired) electrons. The molecular formula is C11H17N3O5. The van der Waals surface area contributed by atoms with Crippen molar-refractivity contribution in [2.75, 3.05) is 13.1 Å². The summed E-state index contributed by atoms with van der Waals surface area (Å²) in [6, 6.07) is 0. The van der Waals surface area contributed by atoms with Crippen LogP contribution in [0, 0.1) is 11.8 Å². The van der Waals surface area contributed by atoms with Crippen LogP contribution in [0.25, 0.3) is 0 Å². The van der Waals surface area contributed by atoms with Gasteiger partial charge >= 0.3 is 5.97 Å². The third-order valence-corrected chi connectivity index (χ3v) is 3.87. The zero-order valence-electron chi connectivity index (χ0n) is 10.3. The van der Waals surface area contributed by atoms with Crippen molar-refractivity contribution < 1.29 is 24.6 Å². The number of nitrogens with two attached hydrogens (primary N) is 1. The van der Waals surface area contributed by atoms with Crippen LogP contribution in [0.2, 0.25) is 0 Å².